The highest BCUT2D eigenvalue weighted by atomic mass is 35.5. The van der Waals surface area contributed by atoms with E-state index >= 15 is 0 Å². The Morgan fingerprint density at radius 3 is 2.39 bits per heavy atom. The first-order chi connectivity index (χ1) is 8.52. The number of nitrogens with zero attached hydrogens (tertiary/aromatic N) is 1. The van der Waals surface area contributed by atoms with Crippen LogP contribution in [0, 0.1) is 0 Å². The van der Waals surface area contributed by atoms with Crippen molar-refractivity contribution >= 4 is 23.5 Å². The standard InChI is InChI=1S/C12H8ClNO4/c13-7-3-1-4-8(10(7)12(17)18)14-6-2-5-9(14)11(15)16/h1-6H,(H,15,16)(H,17,18). The summed E-state index contributed by atoms with van der Waals surface area (Å²) in [6.45, 7) is 0. The van der Waals surface area contributed by atoms with E-state index in [1.54, 1.807) is 6.07 Å². The van der Waals surface area contributed by atoms with E-state index in [4.69, 9.17) is 21.8 Å². The van der Waals surface area contributed by atoms with Crippen molar-refractivity contribution in [1.29, 1.82) is 0 Å². The molecule has 2 aromatic rings. The highest BCUT2D eigenvalue weighted by Crippen LogP contribution is 2.24. The number of benzene rings is 1. The maximum absolute atomic E-state index is 11.2. The van der Waals surface area contributed by atoms with E-state index in [1.165, 1.54) is 35.0 Å². The molecule has 0 unspecified atom stereocenters. The molecule has 0 radical (unpaired) electrons. The molecule has 18 heavy (non-hydrogen) atoms. The minimum absolute atomic E-state index is 0.0280. The Morgan fingerprint density at radius 2 is 1.78 bits per heavy atom. The van der Waals surface area contributed by atoms with Crippen molar-refractivity contribution in [2.45, 2.75) is 0 Å². The molecular formula is C12H8ClNO4. The van der Waals surface area contributed by atoms with Gasteiger partial charge < -0.3 is 14.8 Å². The predicted octanol–water partition coefficient (Wildman–Crippen LogP) is 2.53. The van der Waals surface area contributed by atoms with Crippen molar-refractivity contribution in [3.8, 4) is 5.69 Å². The van der Waals surface area contributed by atoms with Gasteiger partial charge in [0.05, 0.1) is 10.7 Å². The van der Waals surface area contributed by atoms with Crippen LogP contribution in [0.2, 0.25) is 5.02 Å². The number of carboxylic acid groups (broad SMARTS) is 2. The average Bonchev–Trinajstić information content (AvgIpc) is 2.76. The molecule has 0 aliphatic rings. The molecule has 1 heterocycles. The fraction of sp³-hybridized carbons (Fsp3) is 0. The fourth-order valence-corrected chi connectivity index (χ4v) is 1.94. The van der Waals surface area contributed by atoms with Crippen molar-refractivity contribution in [2.24, 2.45) is 0 Å². The molecule has 2 N–H and O–H groups in total. The monoisotopic (exact) mass is 265 g/mol. The van der Waals surface area contributed by atoms with Crippen LogP contribution in [0.3, 0.4) is 0 Å². The summed E-state index contributed by atoms with van der Waals surface area (Å²) in [5.41, 5.74) is 0.0648. The lowest BCUT2D eigenvalue weighted by Crippen LogP contribution is -2.10. The Kier molecular flexibility index (Phi) is 3.08. The van der Waals surface area contributed by atoms with Crippen molar-refractivity contribution < 1.29 is 19.8 Å². The van der Waals surface area contributed by atoms with Crippen LogP contribution in [-0.2, 0) is 0 Å². The highest BCUT2D eigenvalue weighted by molar-refractivity contribution is 6.34. The van der Waals surface area contributed by atoms with E-state index < -0.39 is 11.9 Å². The Labute approximate surface area is 107 Å². The molecular weight excluding hydrogens is 258 g/mol. The van der Waals surface area contributed by atoms with Gasteiger partial charge in [0.2, 0.25) is 0 Å². The molecule has 0 amide bonds. The van der Waals surface area contributed by atoms with Gasteiger partial charge in [-0.15, -0.1) is 0 Å². The summed E-state index contributed by atoms with van der Waals surface area (Å²) in [7, 11) is 0. The first-order valence-corrected chi connectivity index (χ1v) is 5.33. The number of aromatic carboxylic acids is 2. The Bertz CT molecular complexity index is 633. The van der Waals surface area contributed by atoms with E-state index in [1.807, 2.05) is 0 Å². The third-order valence-electron chi connectivity index (χ3n) is 2.43. The number of aromatic nitrogens is 1. The van der Waals surface area contributed by atoms with Crippen LogP contribution in [0.25, 0.3) is 5.69 Å². The molecule has 0 fully saturated rings. The lowest BCUT2D eigenvalue weighted by Gasteiger charge is -2.10. The lowest BCUT2D eigenvalue weighted by atomic mass is 10.1. The summed E-state index contributed by atoms with van der Waals surface area (Å²) in [6.07, 6.45) is 1.47. The summed E-state index contributed by atoms with van der Waals surface area (Å²) in [5, 5.41) is 18.2. The zero-order valence-corrected chi connectivity index (χ0v) is 9.76. The van der Waals surface area contributed by atoms with Crippen molar-refractivity contribution in [1.82, 2.24) is 4.57 Å². The lowest BCUT2D eigenvalue weighted by molar-refractivity contribution is 0.0676. The number of rotatable bonds is 3. The second-order valence-electron chi connectivity index (χ2n) is 3.51. The second kappa shape index (κ2) is 4.54. The number of carbonyl (C=O) groups is 2. The van der Waals surface area contributed by atoms with E-state index in [2.05, 4.69) is 0 Å². The van der Waals surface area contributed by atoms with Gasteiger partial charge >= 0.3 is 11.9 Å². The summed E-state index contributed by atoms with van der Waals surface area (Å²) < 4.78 is 1.28. The van der Waals surface area contributed by atoms with Crippen molar-refractivity contribution in [3.63, 3.8) is 0 Å². The maximum atomic E-state index is 11.2. The molecule has 92 valence electrons. The summed E-state index contributed by atoms with van der Waals surface area (Å²) in [5.74, 6) is -2.35. The summed E-state index contributed by atoms with van der Waals surface area (Å²) >= 11 is 5.83. The molecule has 5 nitrogen and oxygen atoms in total. The molecule has 0 bridgehead atoms. The van der Waals surface area contributed by atoms with Gasteiger partial charge in [-0.2, -0.15) is 0 Å². The van der Waals surface area contributed by atoms with Gasteiger partial charge in [-0.1, -0.05) is 17.7 Å². The van der Waals surface area contributed by atoms with Crippen LogP contribution in [0.4, 0.5) is 0 Å². The zero-order valence-electron chi connectivity index (χ0n) is 9.00. The van der Waals surface area contributed by atoms with Gasteiger partial charge in [0.25, 0.3) is 0 Å². The Balaban J connectivity index is 2.71. The molecule has 0 saturated carbocycles. The van der Waals surface area contributed by atoms with Crippen LogP contribution in [0.5, 0.6) is 0 Å². The quantitative estimate of drug-likeness (QED) is 0.894. The van der Waals surface area contributed by atoms with Crippen LogP contribution >= 0.6 is 11.6 Å². The third-order valence-corrected chi connectivity index (χ3v) is 2.75. The number of hydrogen-bond donors (Lipinski definition) is 2. The molecule has 2 rings (SSSR count). The molecule has 0 aliphatic heterocycles. The highest BCUT2D eigenvalue weighted by Gasteiger charge is 2.18. The smallest absolute Gasteiger partial charge is 0.352 e. The molecule has 0 saturated heterocycles. The van der Waals surface area contributed by atoms with E-state index in [-0.39, 0.29) is 22.0 Å². The predicted molar refractivity (Wildman–Crippen MR) is 64.7 cm³/mol. The summed E-state index contributed by atoms with van der Waals surface area (Å²) in [6, 6.07) is 7.42. The van der Waals surface area contributed by atoms with Crippen molar-refractivity contribution in [2.75, 3.05) is 0 Å². The normalized spacial score (nSPS) is 10.3. The number of hydrogen-bond acceptors (Lipinski definition) is 2. The molecule has 0 atom stereocenters. The van der Waals surface area contributed by atoms with Gasteiger partial charge in [-0.25, -0.2) is 9.59 Å². The molecule has 1 aromatic carbocycles. The minimum Gasteiger partial charge on any atom is -0.478 e. The van der Waals surface area contributed by atoms with Crippen LogP contribution in [-0.4, -0.2) is 26.7 Å². The third kappa shape index (κ3) is 1.96. The second-order valence-corrected chi connectivity index (χ2v) is 3.91. The Morgan fingerprint density at radius 1 is 1.06 bits per heavy atom. The van der Waals surface area contributed by atoms with Crippen LogP contribution in [0.15, 0.2) is 36.5 Å². The minimum atomic E-state index is -1.21. The SMILES string of the molecule is O=C(O)c1c(Cl)cccc1-n1cccc1C(=O)O. The molecule has 1 aromatic heterocycles. The van der Waals surface area contributed by atoms with Gasteiger partial charge in [-0.3, -0.25) is 0 Å². The average molecular weight is 266 g/mol. The topological polar surface area (TPSA) is 79.5 Å². The van der Waals surface area contributed by atoms with E-state index in [9.17, 15) is 9.59 Å². The fourth-order valence-electron chi connectivity index (χ4n) is 1.69. The van der Waals surface area contributed by atoms with Crippen molar-refractivity contribution in [3.05, 3.63) is 52.8 Å². The molecule has 0 aliphatic carbocycles. The van der Waals surface area contributed by atoms with E-state index in [0.29, 0.717) is 0 Å². The zero-order chi connectivity index (χ0) is 13.3. The van der Waals surface area contributed by atoms with Gasteiger partial charge in [0.1, 0.15) is 11.3 Å². The Hall–Kier alpha value is -2.27. The van der Waals surface area contributed by atoms with Gasteiger partial charge in [-0.05, 0) is 24.3 Å². The van der Waals surface area contributed by atoms with Gasteiger partial charge in [0, 0.05) is 6.20 Å². The van der Waals surface area contributed by atoms with Crippen LogP contribution < -0.4 is 0 Å². The molecule has 6 heteroatoms. The maximum Gasteiger partial charge on any atom is 0.352 e. The molecule has 0 spiro atoms. The largest absolute Gasteiger partial charge is 0.478 e. The van der Waals surface area contributed by atoms with Gasteiger partial charge in [0.15, 0.2) is 0 Å². The first kappa shape index (κ1) is 12.2. The number of halogens is 1. The van der Waals surface area contributed by atoms with E-state index in [0.717, 1.165) is 0 Å². The first-order valence-electron chi connectivity index (χ1n) is 4.95. The number of carboxylic acids is 2. The van der Waals surface area contributed by atoms with Crippen LogP contribution in [0.1, 0.15) is 20.8 Å². The summed E-state index contributed by atoms with van der Waals surface area (Å²) in [4.78, 5) is 22.2.